The smallest absolute Gasteiger partial charge is 0.265 e. The number of aromatic amines is 1. The van der Waals surface area contributed by atoms with Crippen molar-refractivity contribution < 1.29 is 13.2 Å². The number of hydrogen-bond donors (Lipinski definition) is 2. The van der Waals surface area contributed by atoms with Crippen molar-refractivity contribution in [2.75, 3.05) is 10.8 Å². The minimum absolute atomic E-state index is 0.0559. The summed E-state index contributed by atoms with van der Waals surface area (Å²) in [6.07, 6.45) is 0. The fourth-order valence-electron chi connectivity index (χ4n) is 4.15. The molecule has 2 heterocycles. The van der Waals surface area contributed by atoms with Crippen molar-refractivity contribution in [1.82, 2.24) is 15.3 Å². The predicted octanol–water partition coefficient (Wildman–Crippen LogP) is 3.74. The number of aromatic nitrogens is 2. The van der Waals surface area contributed by atoms with Gasteiger partial charge in [-0.3, -0.25) is 9.10 Å². The number of sulfonamides is 1. The first-order valence-electron chi connectivity index (χ1n) is 10.1. The lowest BCUT2D eigenvalue weighted by molar-refractivity contribution is -0.120. The van der Waals surface area contributed by atoms with E-state index in [4.69, 9.17) is 0 Å². The van der Waals surface area contributed by atoms with E-state index in [1.54, 1.807) is 24.3 Å². The molecule has 3 aromatic carbocycles. The van der Waals surface area contributed by atoms with Gasteiger partial charge in [0.25, 0.3) is 10.0 Å². The topological polar surface area (TPSA) is 95.2 Å². The number of fused-ring (bicyclic) bond motifs is 1. The summed E-state index contributed by atoms with van der Waals surface area (Å²) in [5.41, 5.74) is 2.25. The summed E-state index contributed by atoms with van der Waals surface area (Å²) in [7, 11) is -3.79. The number of rotatable bonds is 5. The zero-order valence-electron chi connectivity index (χ0n) is 17.2. The monoisotopic (exact) mass is 434 g/mol. The Morgan fingerprint density at radius 3 is 2.55 bits per heavy atom. The lowest BCUT2D eigenvalue weighted by Crippen LogP contribution is -2.41. The summed E-state index contributed by atoms with van der Waals surface area (Å²) in [4.78, 5) is 21.1. The molecule has 4 aromatic rings. The van der Waals surface area contributed by atoms with E-state index in [2.05, 4.69) is 15.3 Å². The molecule has 0 radical (unpaired) electrons. The van der Waals surface area contributed by atoms with Gasteiger partial charge in [-0.05, 0) is 35.6 Å². The Hall–Kier alpha value is -3.39. The molecule has 8 heteroatoms. The van der Waals surface area contributed by atoms with Gasteiger partial charge in [-0.2, -0.15) is 0 Å². The molecule has 2 N–H and O–H groups in total. The number of carbonyl (C=O) groups excluding carboxylic acids is 1. The molecule has 1 aliphatic heterocycles. The number of imidazole rings is 1. The number of nitrogens with one attached hydrogen (secondary N) is 2. The van der Waals surface area contributed by atoms with Crippen LogP contribution in [0.15, 0.2) is 65.6 Å². The largest absolute Gasteiger partial charge is 0.344 e. The third-order valence-corrected chi connectivity index (χ3v) is 7.46. The summed E-state index contributed by atoms with van der Waals surface area (Å²) in [6.45, 7) is 3.68. The highest BCUT2D eigenvalue weighted by molar-refractivity contribution is 7.93. The van der Waals surface area contributed by atoms with Gasteiger partial charge in [-0.1, -0.05) is 50.2 Å². The molecule has 7 nitrogen and oxygen atoms in total. The maximum atomic E-state index is 13.1. The number of nitrogens with zero attached hydrogens (tertiary/aromatic N) is 2. The molecule has 31 heavy (non-hydrogen) atoms. The van der Waals surface area contributed by atoms with E-state index < -0.39 is 10.0 Å². The van der Waals surface area contributed by atoms with Crippen LogP contribution in [0.4, 0.5) is 5.69 Å². The minimum atomic E-state index is -3.79. The van der Waals surface area contributed by atoms with Crippen LogP contribution in [0.25, 0.3) is 21.8 Å². The zero-order valence-corrected chi connectivity index (χ0v) is 18.0. The first kappa shape index (κ1) is 19.6. The molecule has 0 spiro atoms. The predicted molar refractivity (Wildman–Crippen MR) is 120 cm³/mol. The molecule has 5 rings (SSSR count). The molecule has 0 fully saturated rings. The van der Waals surface area contributed by atoms with Crippen molar-refractivity contribution >= 4 is 43.4 Å². The second-order valence-electron chi connectivity index (χ2n) is 8.07. The van der Waals surface area contributed by atoms with Crippen LogP contribution in [0, 0.1) is 5.92 Å². The second-order valence-corrected chi connectivity index (χ2v) is 9.90. The molecule has 1 aliphatic rings. The Labute approximate surface area is 180 Å². The van der Waals surface area contributed by atoms with Crippen LogP contribution in [0.1, 0.15) is 25.7 Å². The van der Waals surface area contributed by atoms with E-state index in [1.165, 1.54) is 4.31 Å². The molecule has 0 saturated heterocycles. The summed E-state index contributed by atoms with van der Waals surface area (Å²) >= 11 is 0. The number of amides is 1. The highest BCUT2D eigenvalue weighted by atomic mass is 32.2. The Bertz CT molecular complexity index is 1390. The summed E-state index contributed by atoms with van der Waals surface area (Å²) in [5.74, 6) is 0.326. The summed E-state index contributed by atoms with van der Waals surface area (Å²) < 4.78 is 27.5. The fraction of sp³-hybridized carbons (Fsp3) is 0.217. The first-order chi connectivity index (χ1) is 14.9. The van der Waals surface area contributed by atoms with Crippen molar-refractivity contribution in [3.8, 4) is 0 Å². The Kier molecular flexibility index (Phi) is 4.48. The maximum absolute atomic E-state index is 13.1. The molecule has 1 unspecified atom stereocenters. The van der Waals surface area contributed by atoms with Gasteiger partial charge < -0.3 is 10.3 Å². The third kappa shape index (κ3) is 3.14. The second kappa shape index (κ2) is 7.09. The number of carbonyl (C=O) groups is 1. The molecule has 1 atom stereocenters. The molecule has 0 saturated carbocycles. The SMILES string of the molecule is CC(C)C(NC(=O)CN1c2cccc3cccc(c23)S1(=O)=O)c1nc2ccccc2[nH]1. The van der Waals surface area contributed by atoms with Crippen LogP contribution in [0.2, 0.25) is 0 Å². The van der Waals surface area contributed by atoms with Crippen molar-refractivity contribution in [3.63, 3.8) is 0 Å². The van der Waals surface area contributed by atoms with E-state index in [-0.39, 0.29) is 29.3 Å². The van der Waals surface area contributed by atoms with Crippen LogP contribution >= 0.6 is 0 Å². The Morgan fingerprint density at radius 1 is 1.06 bits per heavy atom. The van der Waals surface area contributed by atoms with E-state index >= 15 is 0 Å². The molecule has 158 valence electrons. The van der Waals surface area contributed by atoms with E-state index in [9.17, 15) is 13.2 Å². The van der Waals surface area contributed by atoms with Gasteiger partial charge in [0.2, 0.25) is 5.91 Å². The number of benzene rings is 3. The molecule has 0 bridgehead atoms. The van der Waals surface area contributed by atoms with Crippen LogP contribution in [0.3, 0.4) is 0 Å². The van der Waals surface area contributed by atoms with Gasteiger partial charge in [0, 0.05) is 5.39 Å². The van der Waals surface area contributed by atoms with E-state index in [1.807, 2.05) is 50.2 Å². The van der Waals surface area contributed by atoms with Gasteiger partial charge in [0.05, 0.1) is 27.7 Å². The van der Waals surface area contributed by atoms with Crippen LogP contribution in [-0.2, 0) is 14.8 Å². The molecular formula is C23H22N4O3S. The number of hydrogen-bond acceptors (Lipinski definition) is 4. The average molecular weight is 435 g/mol. The number of H-pyrrole nitrogens is 1. The van der Waals surface area contributed by atoms with Crippen LogP contribution < -0.4 is 9.62 Å². The lowest BCUT2D eigenvalue weighted by atomic mass is 10.0. The van der Waals surface area contributed by atoms with Crippen molar-refractivity contribution in [2.24, 2.45) is 5.92 Å². The third-order valence-electron chi connectivity index (χ3n) is 5.65. The van der Waals surface area contributed by atoms with E-state index in [0.717, 1.165) is 16.4 Å². The molecule has 1 amide bonds. The molecule has 1 aromatic heterocycles. The number of para-hydroxylation sites is 2. The fourth-order valence-corrected chi connectivity index (χ4v) is 5.82. The quantitative estimate of drug-likeness (QED) is 0.500. The lowest BCUT2D eigenvalue weighted by Gasteiger charge is -2.23. The normalized spacial score (nSPS) is 15.6. The van der Waals surface area contributed by atoms with Gasteiger partial charge in [0.15, 0.2) is 0 Å². The highest BCUT2D eigenvalue weighted by Gasteiger charge is 2.37. The van der Waals surface area contributed by atoms with Gasteiger partial charge in [0.1, 0.15) is 12.4 Å². The van der Waals surface area contributed by atoms with E-state index in [0.29, 0.717) is 16.9 Å². The van der Waals surface area contributed by atoms with Crippen molar-refractivity contribution in [2.45, 2.75) is 24.8 Å². The standard InChI is InChI=1S/C23H22N4O3S/c1-14(2)22(23-24-16-9-3-4-10-17(16)25-23)26-20(28)13-27-18-11-5-7-15-8-6-12-19(21(15)18)31(27,29)30/h3-12,14,22H,13H2,1-2H3,(H,24,25)(H,26,28). The van der Waals surface area contributed by atoms with Gasteiger partial charge in [-0.15, -0.1) is 0 Å². The van der Waals surface area contributed by atoms with Crippen LogP contribution in [-0.4, -0.2) is 30.8 Å². The maximum Gasteiger partial charge on any atom is 0.265 e. The highest BCUT2D eigenvalue weighted by Crippen LogP contribution is 2.41. The molecule has 0 aliphatic carbocycles. The van der Waals surface area contributed by atoms with Crippen LogP contribution in [0.5, 0.6) is 0 Å². The molecular weight excluding hydrogens is 412 g/mol. The minimum Gasteiger partial charge on any atom is -0.344 e. The summed E-state index contributed by atoms with van der Waals surface area (Å²) in [6, 6.07) is 17.9. The average Bonchev–Trinajstić information content (AvgIpc) is 3.26. The van der Waals surface area contributed by atoms with Crippen molar-refractivity contribution in [3.05, 3.63) is 66.5 Å². The summed E-state index contributed by atoms with van der Waals surface area (Å²) in [5, 5.41) is 4.48. The Morgan fingerprint density at radius 2 is 1.81 bits per heavy atom. The van der Waals surface area contributed by atoms with Gasteiger partial charge in [-0.25, -0.2) is 13.4 Å². The first-order valence-corrected chi connectivity index (χ1v) is 11.6. The zero-order chi connectivity index (χ0) is 21.8. The Balaban J connectivity index is 1.44. The van der Waals surface area contributed by atoms with Crippen molar-refractivity contribution in [1.29, 1.82) is 0 Å². The van der Waals surface area contributed by atoms with Gasteiger partial charge >= 0.3 is 0 Å². The number of anilines is 1.